The van der Waals surface area contributed by atoms with Crippen LogP contribution in [0.15, 0.2) is 12.8 Å². The van der Waals surface area contributed by atoms with Crippen LogP contribution in [0.4, 0.5) is 0 Å². The zero-order valence-corrected chi connectivity index (χ0v) is 9.13. The molecule has 0 bridgehead atoms. The Kier molecular flexibility index (Phi) is 2.42. The summed E-state index contributed by atoms with van der Waals surface area (Å²) in [6.45, 7) is 11.3. The van der Waals surface area contributed by atoms with Gasteiger partial charge in [-0.1, -0.05) is 26.2 Å². The Morgan fingerprint density at radius 2 is 2.17 bits per heavy atom. The molecule has 2 nitrogen and oxygen atoms in total. The molecular formula is C9H17NOSi. The first-order valence-electron chi connectivity index (χ1n) is 4.40. The molecule has 0 radical (unpaired) electrons. The van der Waals surface area contributed by atoms with E-state index in [0.29, 0.717) is 11.4 Å². The van der Waals surface area contributed by atoms with Gasteiger partial charge in [-0.25, -0.2) is 0 Å². The second-order valence-electron chi connectivity index (χ2n) is 4.42. The minimum Gasteiger partial charge on any atom is -0.320 e. The summed E-state index contributed by atoms with van der Waals surface area (Å²) in [5.74, 6) is 0.296. The van der Waals surface area contributed by atoms with Gasteiger partial charge in [0.1, 0.15) is 0 Å². The van der Waals surface area contributed by atoms with Crippen LogP contribution in [-0.4, -0.2) is 25.4 Å². The quantitative estimate of drug-likeness (QED) is 0.600. The highest BCUT2D eigenvalue weighted by Gasteiger charge is 2.39. The van der Waals surface area contributed by atoms with Crippen molar-refractivity contribution in [3.8, 4) is 0 Å². The van der Waals surface area contributed by atoms with Crippen molar-refractivity contribution < 1.29 is 4.79 Å². The number of nitrogens with zero attached hydrogens (tertiary/aromatic N) is 1. The van der Waals surface area contributed by atoms with E-state index in [1.165, 1.54) is 0 Å². The summed E-state index contributed by atoms with van der Waals surface area (Å²) in [5.41, 5.74) is 0.315. The normalized spacial score (nSPS) is 24.8. The number of hydrogen-bond donors (Lipinski definition) is 0. The zero-order valence-electron chi connectivity index (χ0n) is 8.13. The molecule has 1 amide bonds. The largest absolute Gasteiger partial charge is 0.320 e. The number of carbonyl (C=O) groups excluding carboxylic acids is 1. The summed E-state index contributed by atoms with van der Waals surface area (Å²) in [6.07, 6.45) is 2.68. The van der Waals surface area contributed by atoms with E-state index in [4.69, 9.17) is 0 Å². The molecule has 0 aromatic rings. The van der Waals surface area contributed by atoms with Gasteiger partial charge in [0.2, 0.25) is 5.91 Å². The van der Waals surface area contributed by atoms with E-state index in [2.05, 4.69) is 26.2 Å². The fraction of sp³-hybridized carbons (Fsp3) is 0.667. The van der Waals surface area contributed by atoms with Gasteiger partial charge in [-0.3, -0.25) is 4.79 Å². The Balaban J connectivity index is 2.74. The maximum atomic E-state index is 11.7. The predicted octanol–water partition coefficient (Wildman–Crippen LogP) is 2.07. The van der Waals surface area contributed by atoms with Crippen LogP contribution in [0.25, 0.3) is 0 Å². The van der Waals surface area contributed by atoms with Crippen molar-refractivity contribution in [3.63, 3.8) is 0 Å². The van der Waals surface area contributed by atoms with Gasteiger partial charge in [-0.05, 0) is 12.6 Å². The summed E-state index contributed by atoms with van der Waals surface area (Å²) in [6, 6.07) is 0. The van der Waals surface area contributed by atoms with Gasteiger partial charge in [0.25, 0.3) is 0 Å². The van der Waals surface area contributed by atoms with Crippen LogP contribution >= 0.6 is 0 Å². The average molecular weight is 183 g/mol. The average Bonchev–Trinajstić information content (AvgIpc) is 2.29. The molecule has 1 saturated heterocycles. The van der Waals surface area contributed by atoms with Gasteiger partial charge in [-0.2, -0.15) is 0 Å². The standard InChI is InChI=1S/C9H17NOSi/c1-5-10-7-6-8(9(10)11)12(2,3)4/h5,8H,1,6-7H2,2-4H3. The fourth-order valence-electron chi connectivity index (χ4n) is 1.69. The lowest BCUT2D eigenvalue weighted by Gasteiger charge is -2.22. The first-order valence-corrected chi connectivity index (χ1v) is 7.97. The monoisotopic (exact) mass is 183 g/mol. The lowest BCUT2D eigenvalue weighted by atomic mass is 10.4. The third-order valence-electron chi connectivity index (χ3n) is 2.51. The number of carbonyl (C=O) groups is 1. The van der Waals surface area contributed by atoms with Gasteiger partial charge in [-0.15, -0.1) is 0 Å². The minimum absolute atomic E-state index is 0.296. The van der Waals surface area contributed by atoms with Crippen LogP contribution in [0.1, 0.15) is 6.42 Å². The number of hydrogen-bond acceptors (Lipinski definition) is 1. The highest BCUT2D eigenvalue weighted by molar-refractivity contribution is 6.80. The lowest BCUT2D eigenvalue weighted by molar-refractivity contribution is -0.125. The molecule has 0 aromatic heterocycles. The molecule has 68 valence electrons. The van der Waals surface area contributed by atoms with Crippen molar-refractivity contribution >= 4 is 14.0 Å². The topological polar surface area (TPSA) is 20.3 Å². The molecule has 1 aliphatic heterocycles. The van der Waals surface area contributed by atoms with Crippen LogP contribution in [0.5, 0.6) is 0 Å². The van der Waals surface area contributed by atoms with E-state index in [9.17, 15) is 4.79 Å². The van der Waals surface area contributed by atoms with E-state index in [1.54, 1.807) is 11.1 Å². The molecule has 12 heavy (non-hydrogen) atoms. The van der Waals surface area contributed by atoms with Gasteiger partial charge < -0.3 is 4.90 Å². The molecule has 1 rings (SSSR count). The van der Waals surface area contributed by atoms with E-state index >= 15 is 0 Å². The molecule has 1 heterocycles. The molecule has 1 aliphatic rings. The zero-order chi connectivity index (χ0) is 9.35. The third kappa shape index (κ3) is 1.60. The smallest absolute Gasteiger partial charge is 0.226 e. The molecule has 0 spiro atoms. The summed E-state index contributed by atoms with van der Waals surface area (Å²) in [7, 11) is -1.28. The van der Waals surface area contributed by atoms with E-state index < -0.39 is 8.07 Å². The van der Waals surface area contributed by atoms with Gasteiger partial charge in [0.05, 0.1) is 8.07 Å². The molecule has 1 fully saturated rings. The predicted molar refractivity (Wildman–Crippen MR) is 53.6 cm³/mol. The van der Waals surface area contributed by atoms with Crippen molar-refractivity contribution in [2.75, 3.05) is 6.54 Å². The highest BCUT2D eigenvalue weighted by atomic mass is 28.3. The van der Waals surface area contributed by atoms with Gasteiger partial charge in [0.15, 0.2) is 0 Å². The molecule has 1 atom stereocenters. The Labute approximate surface area is 75.3 Å². The van der Waals surface area contributed by atoms with Crippen molar-refractivity contribution in [1.29, 1.82) is 0 Å². The maximum Gasteiger partial charge on any atom is 0.226 e. The lowest BCUT2D eigenvalue weighted by Crippen LogP contribution is -2.33. The van der Waals surface area contributed by atoms with Crippen LogP contribution in [0.2, 0.25) is 25.2 Å². The Bertz CT molecular complexity index is 207. The molecule has 1 unspecified atom stereocenters. The minimum atomic E-state index is -1.28. The van der Waals surface area contributed by atoms with Gasteiger partial charge >= 0.3 is 0 Å². The summed E-state index contributed by atoms with van der Waals surface area (Å²) in [5, 5.41) is 0. The summed E-state index contributed by atoms with van der Waals surface area (Å²) in [4.78, 5) is 13.4. The molecule has 0 saturated carbocycles. The number of rotatable bonds is 2. The molecule has 3 heteroatoms. The second kappa shape index (κ2) is 3.05. The molecule has 0 N–H and O–H groups in total. The maximum absolute atomic E-state index is 11.7. The van der Waals surface area contributed by atoms with E-state index in [-0.39, 0.29) is 0 Å². The Morgan fingerprint density at radius 3 is 2.42 bits per heavy atom. The van der Waals surface area contributed by atoms with Crippen LogP contribution in [-0.2, 0) is 4.79 Å². The highest BCUT2D eigenvalue weighted by Crippen LogP contribution is 2.32. The van der Waals surface area contributed by atoms with Crippen molar-refractivity contribution in [2.24, 2.45) is 0 Å². The summed E-state index contributed by atoms with van der Waals surface area (Å²) < 4.78 is 0. The fourth-order valence-corrected chi connectivity index (χ4v) is 3.59. The van der Waals surface area contributed by atoms with Crippen LogP contribution < -0.4 is 0 Å². The number of likely N-dealkylation sites (tertiary alicyclic amines) is 1. The molecule has 0 aliphatic carbocycles. The van der Waals surface area contributed by atoms with E-state index in [1.807, 2.05) is 0 Å². The van der Waals surface area contributed by atoms with Gasteiger partial charge in [0, 0.05) is 12.1 Å². The molecule has 0 aromatic carbocycles. The summed E-state index contributed by atoms with van der Waals surface area (Å²) >= 11 is 0. The SMILES string of the molecule is C=CN1CCC([Si](C)(C)C)C1=O. The second-order valence-corrected chi connectivity index (χ2v) is 9.85. The van der Waals surface area contributed by atoms with Crippen molar-refractivity contribution in [2.45, 2.75) is 31.6 Å². The first kappa shape index (κ1) is 9.51. The Hall–Kier alpha value is -0.573. The van der Waals surface area contributed by atoms with Crippen molar-refractivity contribution in [3.05, 3.63) is 12.8 Å². The Morgan fingerprint density at radius 1 is 1.58 bits per heavy atom. The van der Waals surface area contributed by atoms with Crippen LogP contribution in [0, 0.1) is 0 Å². The molecular weight excluding hydrogens is 166 g/mol. The first-order chi connectivity index (χ1) is 5.46. The van der Waals surface area contributed by atoms with E-state index in [0.717, 1.165) is 13.0 Å². The third-order valence-corrected chi connectivity index (χ3v) is 5.13. The van der Waals surface area contributed by atoms with Crippen LogP contribution in [0.3, 0.4) is 0 Å². The number of amides is 1. The van der Waals surface area contributed by atoms with Crippen molar-refractivity contribution in [1.82, 2.24) is 4.90 Å².